The van der Waals surface area contributed by atoms with E-state index in [0.29, 0.717) is 6.07 Å². The Morgan fingerprint density at radius 2 is 1.70 bits per heavy atom. The number of hydrogen-bond donors (Lipinski definition) is 0. The first-order valence-corrected chi connectivity index (χ1v) is 7.91. The SMILES string of the molecule is CCOC(=O)c1ccc(S(=O)(=O)Oc2ccc(F)c(F)c2)cc1. The molecule has 0 aliphatic carbocycles. The van der Waals surface area contributed by atoms with Crippen LogP contribution in [0.4, 0.5) is 8.78 Å². The number of esters is 1. The zero-order chi connectivity index (χ0) is 17.0. The summed E-state index contributed by atoms with van der Waals surface area (Å²) in [4.78, 5) is 11.2. The molecule has 0 saturated carbocycles. The van der Waals surface area contributed by atoms with E-state index in [2.05, 4.69) is 0 Å². The van der Waals surface area contributed by atoms with Crippen molar-refractivity contribution >= 4 is 16.1 Å². The number of benzene rings is 2. The molecule has 0 N–H and O–H groups in total. The van der Waals surface area contributed by atoms with Gasteiger partial charge in [0.2, 0.25) is 0 Å². The largest absolute Gasteiger partial charge is 0.462 e. The van der Waals surface area contributed by atoms with Gasteiger partial charge in [0.05, 0.1) is 12.2 Å². The van der Waals surface area contributed by atoms with Gasteiger partial charge in [0.1, 0.15) is 10.6 Å². The predicted molar refractivity (Wildman–Crippen MR) is 76.6 cm³/mol. The van der Waals surface area contributed by atoms with Gasteiger partial charge < -0.3 is 8.92 Å². The van der Waals surface area contributed by atoms with E-state index in [0.717, 1.165) is 24.3 Å². The molecule has 0 heterocycles. The monoisotopic (exact) mass is 342 g/mol. The van der Waals surface area contributed by atoms with E-state index in [4.69, 9.17) is 8.92 Å². The number of carbonyl (C=O) groups excluding carboxylic acids is 1. The molecule has 2 aromatic rings. The lowest BCUT2D eigenvalue weighted by Gasteiger charge is -2.08. The normalized spacial score (nSPS) is 11.1. The molecule has 2 rings (SSSR count). The second-order valence-electron chi connectivity index (χ2n) is 4.36. The van der Waals surface area contributed by atoms with Gasteiger partial charge in [0.15, 0.2) is 11.6 Å². The second kappa shape index (κ2) is 6.74. The maximum atomic E-state index is 13.1. The average Bonchev–Trinajstić information content (AvgIpc) is 2.51. The molecular formula is C15H12F2O5S. The Labute approximate surface area is 131 Å². The fourth-order valence-electron chi connectivity index (χ4n) is 1.68. The van der Waals surface area contributed by atoms with Gasteiger partial charge in [-0.25, -0.2) is 13.6 Å². The third-order valence-corrected chi connectivity index (χ3v) is 4.01. The van der Waals surface area contributed by atoms with Crippen LogP contribution in [0.1, 0.15) is 17.3 Å². The van der Waals surface area contributed by atoms with Gasteiger partial charge in [-0.3, -0.25) is 0 Å². The molecule has 8 heteroatoms. The Morgan fingerprint density at radius 1 is 1.04 bits per heavy atom. The van der Waals surface area contributed by atoms with Crippen LogP contribution in [0, 0.1) is 11.6 Å². The van der Waals surface area contributed by atoms with Crippen LogP contribution >= 0.6 is 0 Å². The number of ether oxygens (including phenoxy) is 1. The minimum atomic E-state index is -4.24. The first-order valence-electron chi connectivity index (χ1n) is 6.50. The molecule has 0 fully saturated rings. The Kier molecular flexibility index (Phi) is 4.95. The zero-order valence-electron chi connectivity index (χ0n) is 12.0. The maximum absolute atomic E-state index is 13.1. The summed E-state index contributed by atoms with van der Waals surface area (Å²) in [6, 6.07) is 7.20. The summed E-state index contributed by atoms with van der Waals surface area (Å²) >= 11 is 0. The topological polar surface area (TPSA) is 69.7 Å². The smallest absolute Gasteiger partial charge is 0.339 e. The molecule has 2 aromatic carbocycles. The molecule has 0 amide bonds. The standard InChI is InChI=1S/C15H12F2O5S/c1-2-21-15(18)10-3-6-12(7-4-10)23(19,20)22-11-5-8-13(16)14(17)9-11/h3-9H,2H2,1H3. The molecule has 0 unspecified atom stereocenters. The highest BCUT2D eigenvalue weighted by molar-refractivity contribution is 7.87. The molecule has 23 heavy (non-hydrogen) atoms. The average molecular weight is 342 g/mol. The number of halogens is 2. The lowest BCUT2D eigenvalue weighted by atomic mass is 10.2. The van der Waals surface area contributed by atoms with E-state index in [-0.39, 0.29) is 22.8 Å². The lowest BCUT2D eigenvalue weighted by molar-refractivity contribution is 0.0526. The molecule has 0 aromatic heterocycles. The van der Waals surface area contributed by atoms with E-state index in [1.807, 2.05) is 0 Å². The third-order valence-electron chi connectivity index (χ3n) is 2.75. The van der Waals surface area contributed by atoms with E-state index in [1.165, 1.54) is 12.1 Å². The molecule has 0 radical (unpaired) electrons. The number of hydrogen-bond acceptors (Lipinski definition) is 5. The highest BCUT2D eigenvalue weighted by Crippen LogP contribution is 2.21. The Bertz CT molecular complexity index is 816. The van der Waals surface area contributed by atoms with Crippen LogP contribution in [0.25, 0.3) is 0 Å². The van der Waals surface area contributed by atoms with Crippen LogP contribution in [0.2, 0.25) is 0 Å². The Balaban J connectivity index is 2.22. The Hall–Kier alpha value is -2.48. The fourth-order valence-corrected chi connectivity index (χ4v) is 2.60. The quantitative estimate of drug-likeness (QED) is 0.617. The number of carbonyl (C=O) groups is 1. The molecule has 0 atom stereocenters. The summed E-state index contributed by atoms with van der Waals surface area (Å²) in [6.07, 6.45) is 0. The van der Waals surface area contributed by atoms with Crippen molar-refractivity contribution < 1.29 is 30.9 Å². The molecule has 0 spiro atoms. The van der Waals surface area contributed by atoms with Gasteiger partial charge >= 0.3 is 16.1 Å². The summed E-state index contributed by atoms with van der Waals surface area (Å²) in [5.41, 5.74) is 0.179. The predicted octanol–water partition coefficient (Wildman–Crippen LogP) is 2.91. The van der Waals surface area contributed by atoms with Crippen molar-refractivity contribution in [3.8, 4) is 5.75 Å². The minimum absolute atomic E-state index is 0.179. The van der Waals surface area contributed by atoms with E-state index in [9.17, 15) is 22.0 Å². The van der Waals surface area contributed by atoms with Crippen molar-refractivity contribution in [3.05, 3.63) is 59.7 Å². The number of rotatable bonds is 5. The highest BCUT2D eigenvalue weighted by atomic mass is 32.2. The molecule has 122 valence electrons. The molecule has 5 nitrogen and oxygen atoms in total. The first-order chi connectivity index (χ1) is 10.8. The summed E-state index contributed by atoms with van der Waals surface area (Å²) in [5.74, 6) is -3.29. The molecule has 0 aliphatic rings. The van der Waals surface area contributed by atoms with E-state index in [1.54, 1.807) is 6.92 Å². The molecule has 0 saturated heterocycles. The molecule has 0 aliphatic heterocycles. The first kappa shape index (κ1) is 16.9. The summed E-state index contributed by atoms with van der Waals surface area (Å²) in [6.45, 7) is 1.84. The van der Waals surface area contributed by atoms with E-state index < -0.39 is 27.7 Å². The van der Waals surface area contributed by atoms with Crippen LogP contribution in [-0.4, -0.2) is 21.0 Å². The summed E-state index contributed by atoms with van der Waals surface area (Å²) in [5, 5.41) is 0. The van der Waals surface area contributed by atoms with E-state index >= 15 is 0 Å². The van der Waals surface area contributed by atoms with Crippen molar-refractivity contribution in [2.45, 2.75) is 11.8 Å². The van der Waals surface area contributed by atoms with Gasteiger partial charge in [-0.15, -0.1) is 0 Å². The van der Waals surface area contributed by atoms with Crippen molar-refractivity contribution in [1.82, 2.24) is 0 Å². The highest BCUT2D eigenvalue weighted by Gasteiger charge is 2.18. The third kappa shape index (κ3) is 4.04. The van der Waals surface area contributed by atoms with Crippen molar-refractivity contribution in [1.29, 1.82) is 0 Å². The van der Waals surface area contributed by atoms with Gasteiger partial charge in [0, 0.05) is 6.07 Å². The van der Waals surface area contributed by atoms with Crippen molar-refractivity contribution in [2.75, 3.05) is 6.61 Å². The lowest BCUT2D eigenvalue weighted by Crippen LogP contribution is -2.11. The Morgan fingerprint density at radius 3 is 2.26 bits per heavy atom. The summed E-state index contributed by atoms with van der Waals surface area (Å²) in [7, 11) is -4.24. The van der Waals surface area contributed by atoms with Gasteiger partial charge in [-0.05, 0) is 43.3 Å². The maximum Gasteiger partial charge on any atom is 0.339 e. The van der Waals surface area contributed by atoms with Crippen LogP contribution < -0.4 is 4.18 Å². The van der Waals surface area contributed by atoms with Gasteiger partial charge in [-0.1, -0.05) is 0 Å². The van der Waals surface area contributed by atoms with Crippen LogP contribution in [0.3, 0.4) is 0 Å². The van der Waals surface area contributed by atoms with Crippen LogP contribution in [0.15, 0.2) is 47.4 Å². The second-order valence-corrected chi connectivity index (χ2v) is 5.90. The fraction of sp³-hybridized carbons (Fsp3) is 0.133. The van der Waals surface area contributed by atoms with Gasteiger partial charge in [0.25, 0.3) is 0 Å². The molecule has 0 bridgehead atoms. The van der Waals surface area contributed by atoms with Crippen molar-refractivity contribution in [3.63, 3.8) is 0 Å². The van der Waals surface area contributed by atoms with Crippen molar-refractivity contribution in [2.24, 2.45) is 0 Å². The minimum Gasteiger partial charge on any atom is -0.462 e. The van der Waals surface area contributed by atoms with Crippen LogP contribution in [-0.2, 0) is 14.9 Å². The zero-order valence-corrected chi connectivity index (χ0v) is 12.8. The van der Waals surface area contributed by atoms with Gasteiger partial charge in [-0.2, -0.15) is 8.42 Å². The molecular weight excluding hydrogens is 330 g/mol. The summed E-state index contributed by atoms with van der Waals surface area (Å²) < 4.78 is 59.5. The van der Waals surface area contributed by atoms with Crippen LogP contribution in [0.5, 0.6) is 5.75 Å².